The van der Waals surface area contributed by atoms with Gasteiger partial charge in [0.15, 0.2) is 17.6 Å². The van der Waals surface area contributed by atoms with Gasteiger partial charge in [0.05, 0.1) is 21.3 Å². The van der Waals surface area contributed by atoms with Crippen molar-refractivity contribution in [3.63, 3.8) is 0 Å². The predicted octanol–water partition coefficient (Wildman–Crippen LogP) is 1.53. The number of hydrogen-bond donors (Lipinski definition) is 1. The molecule has 0 amide bonds. The SMILES string of the molecule is COC(=O)C(O)c1c(C)cc(OC)c(OC)c1C. The zero-order valence-corrected chi connectivity index (χ0v) is 11.2. The third-order valence-electron chi connectivity index (χ3n) is 2.86. The first-order valence-corrected chi connectivity index (χ1v) is 5.45. The van der Waals surface area contributed by atoms with Crippen molar-refractivity contribution in [3.8, 4) is 11.5 Å². The molecular weight excluding hydrogens is 236 g/mol. The van der Waals surface area contributed by atoms with Crippen LogP contribution in [0.4, 0.5) is 0 Å². The molecule has 1 aromatic rings. The van der Waals surface area contributed by atoms with E-state index in [0.29, 0.717) is 22.6 Å². The number of methoxy groups -OCH3 is 3. The Bertz CT molecular complexity index is 453. The Morgan fingerprint density at radius 3 is 2.28 bits per heavy atom. The maximum atomic E-state index is 11.4. The molecular formula is C13H18O5. The predicted molar refractivity (Wildman–Crippen MR) is 66.0 cm³/mol. The van der Waals surface area contributed by atoms with Gasteiger partial charge in [-0.15, -0.1) is 0 Å². The lowest BCUT2D eigenvalue weighted by Gasteiger charge is -2.19. The summed E-state index contributed by atoms with van der Waals surface area (Å²) in [7, 11) is 4.28. The number of carbonyl (C=O) groups excluding carboxylic acids is 1. The quantitative estimate of drug-likeness (QED) is 0.825. The molecule has 0 fully saturated rings. The van der Waals surface area contributed by atoms with E-state index in [1.807, 2.05) is 0 Å². The Kier molecular flexibility index (Phi) is 4.55. The van der Waals surface area contributed by atoms with Crippen LogP contribution in [0.5, 0.6) is 11.5 Å². The van der Waals surface area contributed by atoms with Crippen LogP contribution >= 0.6 is 0 Å². The minimum absolute atomic E-state index is 0.486. The van der Waals surface area contributed by atoms with Crippen LogP contribution in [0.15, 0.2) is 6.07 Å². The second-order valence-corrected chi connectivity index (χ2v) is 3.89. The average Bonchev–Trinajstić information content (AvgIpc) is 2.36. The van der Waals surface area contributed by atoms with Gasteiger partial charge in [-0.2, -0.15) is 0 Å². The lowest BCUT2D eigenvalue weighted by atomic mass is 9.96. The second kappa shape index (κ2) is 5.73. The minimum Gasteiger partial charge on any atom is -0.493 e. The first kappa shape index (κ1) is 14.3. The fourth-order valence-electron chi connectivity index (χ4n) is 2.00. The molecule has 5 heteroatoms. The molecule has 0 bridgehead atoms. The molecule has 0 radical (unpaired) electrons. The van der Waals surface area contributed by atoms with E-state index < -0.39 is 12.1 Å². The molecule has 0 aliphatic carbocycles. The molecule has 1 atom stereocenters. The molecule has 0 heterocycles. The van der Waals surface area contributed by atoms with Gasteiger partial charge >= 0.3 is 5.97 Å². The number of aliphatic hydroxyl groups excluding tert-OH is 1. The molecule has 0 aliphatic heterocycles. The summed E-state index contributed by atoms with van der Waals surface area (Å²) in [5, 5.41) is 9.96. The Morgan fingerprint density at radius 1 is 1.22 bits per heavy atom. The maximum absolute atomic E-state index is 11.4. The van der Waals surface area contributed by atoms with Crippen LogP contribution in [0.2, 0.25) is 0 Å². The Hall–Kier alpha value is -1.75. The van der Waals surface area contributed by atoms with E-state index >= 15 is 0 Å². The summed E-state index contributed by atoms with van der Waals surface area (Å²) in [6.07, 6.45) is -1.32. The van der Waals surface area contributed by atoms with Crippen LogP contribution in [0, 0.1) is 13.8 Å². The monoisotopic (exact) mass is 254 g/mol. The maximum Gasteiger partial charge on any atom is 0.339 e. The third kappa shape index (κ3) is 2.41. The van der Waals surface area contributed by atoms with Crippen LogP contribution in [0.3, 0.4) is 0 Å². The standard InChI is InChI=1S/C13H18O5/c1-7-6-9(16-3)12(17-4)8(2)10(7)11(14)13(15)18-5/h6,11,14H,1-5H3. The molecule has 1 aromatic carbocycles. The summed E-state index contributed by atoms with van der Waals surface area (Å²) in [5.41, 5.74) is 1.88. The van der Waals surface area contributed by atoms with Gasteiger partial charge < -0.3 is 19.3 Å². The van der Waals surface area contributed by atoms with Gasteiger partial charge in [-0.1, -0.05) is 0 Å². The lowest BCUT2D eigenvalue weighted by molar-refractivity contribution is -0.150. The third-order valence-corrected chi connectivity index (χ3v) is 2.86. The first-order chi connectivity index (χ1) is 8.47. The van der Waals surface area contributed by atoms with Gasteiger partial charge in [0, 0.05) is 11.1 Å². The van der Waals surface area contributed by atoms with Gasteiger partial charge in [-0.25, -0.2) is 4.79 Å². The van der Waals surface area contributed by atoms with Crippen LogP contribution in [0.25, 0.3) is 0 Å². The molecule has 1 unspecified atom stereocenters. The minimum atomic E-state index is -1.32. The van der Waals surface area contributed by atoms with Crippen LogP contribution in [-0.4, -0.2) is 32.4 Å². The van der Waals surface area contributed by atoms with E-state index in [9.17, 15) is 9.90 Å². The van der Waals surface area contributed by atoms with E-state index in [4.69, 9.17) is 9.47 Å². The van der Waals surface area contributed by atoms with Gasteiger partial charge in [0.1, 0.15) is 0 Å². The van der Waals surface area contributed by atoms with Crippen LogP contribution in [0.1, 0.15) is 22.8 Å². The number of esters is 1. The number of rotatable bonds is 4. The topological polar surface area (TPSA) is 65.0 Å². The van der Waals surface area contributed by atoms with E-state index in [1.165, 1.54) is 21.3 Å². The number of aryl methyl sites for hydroxylation is 1. The summed E-state index contributed by atoms with van der Waals surface area (Å²) in [5.74, 6) is 0.364. The summed E-state index contributed by atoms with van der Waals surface area (Å²) in [4.78, 5) is 11.4. The lowest BCUT2D eigenvalue weighted by Crippen LogP contribution is -2.16. The number of hydrogen-bond acceptors (Lipinski definition) is 5. The Balaban J connectivity index is 3.41. The molecule has 100 valence electrons. The number of benzene rings is 1. The molecule has 1 rings (SSSR count). The van der Waals surface area contributed by atoms with E-state index in [-0.39, 0.29) is 0 Å². The number of aliphatic hydroxyl groups is 1. The number of carbonyl (C=O) groups is 1. The highest BCUT2D eigenvalue weighted by molar-refractivity contribution is 5.78. The van der Waals surface area contributed by atoms with Crippen LogP contribution < -0.4 is 9.47 Å². The van der Waals surface area contributed by atoms with Gasteiger partial charge in [0.2, 0.25) is 0 Å². The molecule has 5 nitrogen and oxygen atoms in total. The molecule has 18 heavy (non-hydrogen) atoms. The molecule has 1 N–H and O–H groups in total. The van der Waals surface area contributed by atoms with Crippen molar-refractivity contribution in [1.29, 1.82) is 0 Å². The van der Waals surface area contributed by atoms with E-state index in [2.05, 4.69) is 4.74 Å². The van der Waals surface area contributed by atoms with Crippen molar-refractivity contribution in [2.24, 2.45) is 0 Å². The molecule has 0 aromatic heterocycles. The zero-order chi connectivity index (χ0) is 13.9. The van der Waals surface area contributed by atoms with Gasteiger partial charge in [0.25, 0.3) is 0 Å². The summed E-state index contributed by atoms with van der Waals surface area (Å²) in [6.45, 7) is 3.55. The molecule has 0 spiro atoms. The summed E-state index contributed by atoms with van der Waals surface area (Å²) >= 11 is 0. The summed E-state index contributed by atoms with van der Waals surface area (Å²) < 4.78 is 15.0. The fraction of sp³-hybridized carbons (Fsp3) is 0.462. The molecule has 0 saturated heterocycles. The Morgan fingerprint density at radius 2 is 1.83 bits per heavy atom. The zero-order valence-electron chi connectivity index (χ0n) is 11.2. The van der Waals surface area contributed by atoms with Crippen molar-refractivity contribution in [2.75, 3.05) is 21.3 Å². The van der Waals surface area contributed by atoms with E-state index in [0.717, 1.165) is 5.56 Å². The van der Waals surface area contributed by atoms with Crippen molar-refractivity contribution in [3.05, 3.63) is 22.8 Å². The van der Waals surface area contributed by atoms with Crippen molar-refractivity contribution in [2.45, 2.75) is 20.0 Å². The Labute approximate surface area is 106 Å². The van der Waals surface area contributed by atoms with Crippen molar-refractivity contribution >= 4 is 5.97 Å². The van der Waals surface area contributed by atoms with Crippen LogP contribution in [-0.2, 0) is 9.53 Å². The smallest absolute Gasteiger partial charge is 0.339 e. The highest BCUT2D eigenvalue weighted by Gasteiger charge is 2.25. The highest BCUT2D eigenvalue weighted by Crippen LogP contribution is 2.37. The first-order valence-electron chi connectivity index (χ1n) is 5.45. The summed E-state index contributed by atoms with van der Waals surface area (Å²) in [6, 6.07) is 1.72. The average molecular weight is 254 g/mol. The molecule has 0 saturated carbocycles. The van der Waals surface area contributed by atoms with Crippen molar-refractivity contribution < 1.29 is 24.1 Å². The number of ether oxygens (including phenoxy) is 3. The van der Waals surface area contributed by atoms with Gasteiger partial charge in [-0.3, -0.25) is 0 Å². The largest absolute Gasteiger partial charge is 0.493 e. The highest BCUT2D eigenvalue weighted by atomic mass is 16.5. The van der Waals surface area contributed by atoms with Gasteiger partial charge in [-0.05, 0) is 25.5 Å². The fourth-order valence-corrected chi connectivity index (χ4v) is 2.00. The second-order valence-electron chi connectivity index (χ2n) is 3.89. The normalized spacial score (nSPS) is 11.9. The van der Waals surface area contributed by atoms with Crippen molar-refractivity contribution in [1.82, 2.24) is 0 Å². The molecule has 0 aliphatic rings. The van der Waals surface area contributed by atoms with E-state index in [1.54, 1.807) is 19.9 Å².